The number of imide groups is 1. The normalized spacial score (nSPS) is 19.6. The quantitative estimate of drug-likeness (QED) is 0.652. The Kier molecular flexibility index (Phi) is 4.61. The topological polar surface area (TPSA) is 78.5 Å². The number of hydrogen-bond acceptors (Lipinski definition) is 3. The van der Waals surface area contributed by atoms with Crippen LogP contribution in [0.15, 0.2) is 30.3 Å². The van der Waals surface area contributed by atoms with Crippen molar-refractivity contribution in [3.8, 4) is 0 Å². The van der Waals surface area contributed by atoms with Crippen LogP contribution in [-0.4, -0.2) is 41.4 Å². The van der Waals surface area contributed by atoms with Crippen molar-refractivity contribution in [2.24, 2.45) is 0 Å². The van der Waals surface area contributed by atoms with Crippen LogP contribution in [0.2, 0.25) is 0 Å². The number of likely N-dealkylation sites (tertiary alicyclic amines) is 1. The van der Waals surface area contributed by atoms with Gasteiger partial charge >= 0.3 is 6.03 Å². The van der Waals surface area contributed by atoms with Crippen molar-refractivity contribution < 1.29 is 14.4 Å². The number of nitrogens with one attached hydrogen (secondary N) is 2. The van der Waals surface area contributed by atoms with Crippen molar-refractivity contribution >= 4 is 23.9 Å². The fraction of sp³-hybridized carbons (Fsp3) is 0.421. The van der Waals surface area contributed by atoms with Crippen LogP contribution in [0.25, 0.3) is 6.08 Å². The molecular weight excluding hydrogens is 318 g/mol. The van der Waals surface area contributed by atoms with E-state index in [9.17, 15) is 14.4 Å². The molecule has 132 valence electrons. The summed E-state index contributed by atoms with van der Waals surface area (Å²) in [6.45, 7) is 5.18. The summed E-state index contributed by atoms with van der Waals surface area (Å²) in [7, 11) is 0. The molecule has 6 heteroatoms. The summed E-state index contributed by atoms with van der Waals surface area (Å²) in [6.07, 6.45) is 4.25. The minimum Gasteiger partial charge on any atom is -0.339 e. The number of nitrogens with zero attached hydrogens (tertiary/aromatic N) is 1. The van der Waals surface area contributed by atoms with Crippen molar-refractivity contribution in [1.29, 1.82) is 0 Å². The third-order valence-electron chi connectivity index (χ3n) is 4.96. The van der Waals surface area contributed by atoms with E-state index in [1.54, 1.807) is 17.1 Å². The lowest BCUT2D eigenvalue weighted by Crippen LogP contribution is -2.55. The molecule has 1 aromatic rings. The van der Waals surface area contributed by atoms with Gasteiger partial charge in [0.1, 0.15) is 5.54 Å². The smallest absolute Gasteiger partial charge is 0.322 e. The number of rotatable bonds is 3. The number of piperidine rings is 1. The van der Waals surface area contributed by atoms with E-state index in [-0.39, 0.29) is 11.8 Å². The Morgan fingerprint density at radius 2 is 1.80 bits per heavy atom. The second-order valence-corrected chi connectivity index (χ2v) is 6.97. The first kappa shape index (κ1) is 17.2. The van der Waals surface area contributed by atoms with Gasteiger partial charge in [-0.2, -0.15) is 0 Å². The van der Waals surface area contributed by atoms with Gasteiger partial charge < -0.3 is 10.2 Å². The second-order valence-electron chi connectivity index (χ2n) is 6.97. The number of benzene rings is 1. The van der Waals surface area contributed by atoms with E-state index in [0.717, 1.165) is 5.56 Å². The number of amides is 4. The number of carbonyl (C=O) groups excluding carboxylic acids is 3. The van der Waals surface area contributed by atoms with E-state index >= 15 is 0 Å². The molecule has 1 aromatic carbocycles. The predicted octanol–water partition coefficient (Wildman–Crippen LogP) is 2.02. The predicted molar refractivity (Wildman–Crippen MR) is 94.8 cm³/mol. The molecule has 25 heavy (non-hydrogen) atoms. The van der Waals surface area contributed by atoms with E-state index in [1.807, 2.05) is 12.1 Å². The molecule has 2 aliphatic heterocycles. The third-order valence-corrected chi connectivity index (χ3v) is 4.96. The van der Waals surface area contributed by atoms with Gasteiger partial charge in [-0.1, -0.05) is 38.1 Å². The minimum absolute atomic E-state index is 0.0764. The van der Waals surface area contributed by atoms with Crippen molar-refractivity contribution in [1.82, 2.24) is 15.5 Å². The number of urea groups is 1. The van der Waals surface area contributed by atoms with Crippen LogP contribution >= 0.6 is 0 Å². The van der Waals surface area contributed by atoms with Gasteiger partial charge in [0.05, 0.1) is 0 Å². The van der Waals surface area contributed by atoms with Crippen LogP contribution in [0.3, 0.4) is 0 Å². The van der Waals surface area contributed by atoms with Crippen molar-refractivity contribution in [3.05, 3.63) is 41.5 Å². The van der Waals surface area contributed by atoms with E-state index in [1.165, 1.54) is 5.56 Å². The molecule has 2 aliphatic rings. The Morgan fingerprint density at radius 1 is 1.16 bits per heavy atom. The molecule has 2 saturated heterocycles. The summed E-state index contributed by atoms with van der Waals surface area (Å²) in [5.74, 6) is 0.117. The molecule has 6 nitrogen and oxygen atoms in total. The van der Waals surface area contributed by atoms with Gasteiger partial charge in [-0.05, 0) is 36.0 Å². The molecule has 2 N–H and O–H groups in total. The van der Waals surface area contributed by atoms with E-state index in [0.29, 0.717) is 31.8 Å². The summed E-state index contributed by atoms with van der Waals surface area (Å²) in [4.78, 5) is 37.3. The molecule has 0 bridgehead atoms. The second kappa shape index (κ2) is 6.70. The zero-order valence-corrected chi connectivity index (χ0v) is 14.5. The van der Waals surface area contributed by atoms with E-state index < -0.39 is 11.6 Å². The maximum Gasteiger partial charge on any atom is 0.322 e. The first-order chi connectivity index (χ1) is 11.9. The molecule has 4 amide bonds. The average molecular weight is 341 g/mol. The average Bonchev–Trinajstić information content (AvgIpc) is 2.87. The SMILES string of the molecule is CC(C)c1ccc(/C=C/C(=O)N2CCC3(CC2)NC(=O)NC3=O)cc1. The van der Waals surface area contributed by atoms with E-state index in [4.69, 9.17) is 0 Å². The van der Waals surface area contributed by atoms with Crippen LogP contribution < -0.4 is 10.6 Å². The highest BCUT2D eigenvalue weighted by molar-refractivity contribution is 6.07. The van der Waals surface area contributed by atoms with Crippen LogP contribution in [0.1, 0.15) is 43.7 Å². The zero-order chi connectivity index (χ0) is 18.0. The van der Waals surface area contributed by atoms with Gasteiger partial charge in [0, 0.05) is 19.2 Å². The van der Waals surface area contributed by atoms with Gasteiger partial charge in [0.25, 0.3) is 5.91 Å². The Balaban J connectivity index is 1.57. The molecule has 1 spiro atoms. The highest BCUT2D eigenvalue weighted by Crippen LogP contribution is 2.25. The lowest BCUT2D eigenvalue weighted by molar-refractivity contribution is -0.132. The highest BCUT2D eigenvalue weighted by atomic mass is 16.2. The lowest BCUT2D eigenvalue weighted by Gasteiger charge is -2.36. The Hall–Kier alpha value is -2.63. The molecule has 2 heterocycles. The highest BCUT2D eigenvalue weighted by Gasteiger charge is 2.48. The molecule has 3 rings (SSSR count). The monoisotopic (exact) mass is 341 g/mol. The Morgan fingerprint density at radius 3 is 2.32 bits per heavy atom. The van der Waals surface area contributed by atoms with Crippen LogP contribution in [0.4, 0.5) is 4.79 Å². The molecule has 2 fully saturated rings. The molecule has 0 aromatic heterocycles. The minimum atomic E-state index is -0.843. The fourth-order valence-corrected chi connectivity index (χ4v) is 3.25. The maximum atomic E-state index is 12.3. The van der Waals surface area contributed by atoms with Gasteiger partial charge in [-0.15, -0.1) is 0 Å². The molecule has 0 unspecified atom stereocenters. The number of carbonyl (C=O) groups is 3. The largest absolute Gasteiger partial charge is 0.339 e. The maximum absolute atomic E-state index is 12.3. The van der Waals surface area contributed by atoms with Crippen molar-refractivity contribution in [3.63, 3.8) is 0 Å². The standard InChI is InChI=1S/C19H23N3O3/c1-13(2)15-6-3-14(4-7-15)5-8-16(23)22-11-9-19(10-12-22)17(24)20-18(25)21-19/h3-8,13H,9-12H2,1-2H3,(H2,20,21,24,25)/b8-5+. The first-order valence-electron chi connectivity index (χ1n) is 8.60. The Labute approximate surface area is 147 Å². The van der Waals surface area contributed by atoms with Gasteiger partial charge in [0.2, 0.25) is 5.91 Å². The molecule has 0 radical (unpaired) electrons. The van der Waals surface area contributed by atoms with Crippen molar-refractivity contribution in [2.45, 2.75) is 38.1 Å². The van der Waals surface area contributed by atoms with Gasteiger partial charge in [-0.3, -0.25) is 14.9 Å². The fourth-order valence-electron chi connectivity index (χ4n) is 3.25. The third kappa shape index (κ3) is 3.57. The first-order valence-corrected chi connectivity index (χ1v) is 8.60. The zero-order valence-electron chi connectivity index (χ0n) is 14.5. The molecular formula is C19H23N3O3. The van der Waals surface area contributed by atoms with E-state index in [2.05, 4.69) is 36.6 Å². The molecule has 0 atom stereocenters. The van der Waals surface area contributed by atoms with Gasteiger partial charge in [0.15, 0.2) is 0 Å². The summed E-state index contributed by atoms with van der Waals surface area (Å²) in [5.41, 5.74) is 1.40. The molecule has 0 saturated carbocycles. The van der Waals surface area contributed by atoms with Crippen LogP contribution in [0.5, 0.6) is 0 Å². The lowest BCUT2D eigenvalue weighted by atomic mass is 9.87. The Bertz CT molecular complexity index is 714. The summed E-state index contributed by atoms with van der Waals surface area (Å²) in [5, 5.41) is 4.97. The summed E-state index contributed by atoms with van der Waals surface area (Å²) >= 11 is 0. The summed E-state index contributed by atoms with van der Waals surface area (Å²) < 4.78 is 0. The van der Waals surface area contributed by atoms with Crippen LogP contribution in [-0.2, 0) is 9.59 Å². The molecule has 0 aliphatic carbocycles. The van der Waals surface area contributed by atoms with Gasteiger partial charge in [-0.25, -0.2) is 4.79 Å². The number of hydrogen-bond donors (Lipinski definition) is 2. The van der Waals surface area contributed by atoms with Crippen LogP contribution in [0, 0.1) is 0 Å². The summed E-state index contributed by atoms with van der Waals surface area (Å²) in [6, 6.07) is 7.70. The van der Waals surface area contributed by atoms with Crippen molar-refractivity contribution in [2.75, 3.05) is 13.1 Å².